The van der Waals surface area contributed by atoms with Gasteiger partial charge in [0, 0.05) is 44.2 Å². The van der Waals surface area contributed by atoms with Crippen molar-refractivity contribution >= 4 is 83.7 Å². The maximum atomic E-state index is 6.80. The van der Waals surface area contributed by atoms with Crippen molar-refractivity contribution in [2.75, 3.05) is 4.81 Å². The Morgan fingerprint density at radius 2 is 1.07 bits per heavy atom. The molecule has 8 fully saturated rings. The summed E-state index contributed by atoms with van der Waals surface area (Å²) in [5.74, 6) is 5.35. The van der Waals surface area contributed by atoms with Crippen LogP contribution >= 0.6 is 0 Å². The first-order chi connectivity index (χ1) is 34.5. The minimum absolute atomic E-state index is 0.0453. The minimum Gasteiger partial charge on any atom is -0.456 e. The SMILES string of the molecule is c1ccc(-c2ccc(N3B4c5c(cc6ccccc6c5-c5cc6oc7ccccc7c6cc53)-n3c5ccc(C67CC8CC(CC(C8)C6)C7)cc5c5cc(C67CC8CC(CC(C8)C6)C7)cc4c53)cc2)cc1. The zero-order chi connectivity index (χ0) is 45.2. The first-order valence-corrected chi connectivity index (χ1v) is 27.1. The average Bonchev–Trinajstić information content (AvgIpc) is 3.92. The second kappa shape index (κ2) is 13.3. The molecule has 8 bridgehead atoms. The van der Waals surface area contributed by atoms with Crippen molar-refractivity contribution in [3.8, 4) is 27.9 Å². The van der Waals surface area contributed by atoms with E-state index in [1.807, 2.05) is 0 Å². The molecule has 8 saturated carbocycles. The molecule has 4 heterocycles. The lowest BCUT2D eigenvalue weighted by Crippen LogP contribution is -2.61. The number of anilines is 2. The maximum absolute atomic E-state index is 6.80. The largest absolute Gasteiger partial charge is 0.456 e. The number of hydrogen-bond acceptors (Lipinski definition) is 2. The first-order valence-electron chi connectivity index (χ1n) is 27.1. The third-order valence-electron chi connectivity index (χ3n) is 20.6. The molecule has 0 atom stereocenters. The number of aromatic nitrogens is 1. The average molecular weight is 903 g/mol. The molecule has 70 heavy (non-hydrogen) atoms. The number of rotatable bonds is 4. The van der Waals surface area contributed by atoms with Crippen molar-refractivity contribution in [2.45, 2.75) is 87.9 Å². The van der Waals surface area contributed by atoms with Crippen molar-refractivity contribution < 1.29 is 4.42 Å². The molecule has 338 valence electrons. The van der Waals surface area contributed by atoms with E-state index in [-0.39, 0.29) is 12.3 Å². The molecule has 8 aromatic carbocycles. The Bertz CT molecular complexity index is 3860. The fourth-order valence-electron chi connectivity index (χ4n) is 18.8. The Morgan fingerprint density at radius 3 is 1.79 bits per heavy atom. The molecule has 4 heteroatoms. The van der Waals surface area contributed by atoms with Crippen LogP contribution in [0, 0.1) is 35.5 Å². The van der Waals surface area contributed by atoms with Crippen LogP contribution in [0.1, 0.15) is 88.2 Å². The Hall–Kier alpha value is -6.52. The van der Waals surface area contributed by atoms with Gasteiger partial charge in [0.1, 0.15) is 11.2 Å². The Kier molecular flexibility index (Phi) is 7.25. The lowest BCUT2D eigenvalue weighted by atomic mass is 9.42. The number of hydrogen-bond donors (Lipinski definition) is 0. The monoisotopic (exact) mass is 902 g/mol. The van der Waals surface area contributed by atoms with Crippen LogP contribution in [0.2, 0.25) is 0 Å². The molecule has 0 saturated heterocycles. The molecule has 8 aliphatic carbocycles. The fraction of sp³-hybridized carbons (Fsp3) is 0.303. The van der Waals surface area contributed by atoms with Gasteiger partial charge in [0.05, 0.1) is 11.0 Å². The summed E-state index contributed by atoms with van der Waals surface area (Å²) in [5, 5.41) is 7.94. The fourth-order valence-corrected chi connectivity index (χ4v) is 18.8. The van der Waals surface area contributed by atoms with Crippen LogP contribution in [0.25, 0.3) is 82.5 Å². The van der Waals surface area contributed by atoms with Crippen LogP contribution in [0.3, 0.4) is 0 Å². The van der Waals surface area contributed by atoms with Crippen LogP contribution < -0.4 is 15.7 Å². The van der Waals surface area contributed by atoms with Crippen molar-refractivity contribution in [1.82, 2.24) is 4.57 Å². The molecule has 20 rings (SSSR count). The van der Waals surface area contributed by atoms with Gasteiger partial charge in [0.15, 0.2) is 0 Å². The number of benzene rings is 8. The predicted molar refractivity (Wildman–Crippen MR) is 290 cm³/mol. The third-order valence-corrected chi connectivity index (χ3v) is 20.6. The molecule has 3 nitrogen and oxygen atoms in total. The lowest BCUT2D eigenvalue weighted by molar-refractivity contribution is -0.00526. The van der Waals surface area contributed by atoms with E-state index in [0.29, 0.717) is 5.41 Å². The molecule has 2 aliphatic heterocycles. The second-order valence-electron chi connectivity index (χ2n) is 24.5. The summed E-state index contributed by atoms with van der Waals surface area (Å²) in [5.41, 5.74) is 20.4. The standard InChI is InChI=1S/C66H55BN2O/c1-2-8-44(9-3-1)45-14-17-49(18-15-45)69-58-30-53-51-12-6-7-13-60(51)70-61(53)31-55(58)62-50-11-5-4-10-46(50)26-59-63(62)67(69)56-29-48(66-35-41-23-42(36-66)25-43(24-41)37-66)28-54-52-27-47(16-19-57(52)68(59)64(54)56)65-32-38-20-39(33-65)22-40(21-38)34-65/h1-19,26-31,38-43H,20-25,32-37H2. The molecule has 0 N–H and O–H groups in total. The van der Waals surface area contributed by atoms with E-state index >= 15 is 0 Å². The molecule has 0 amide bonds. The van der Waals surface area contributed by atoms with Gasteiger partial charge >= 0.3 is 6.85 Å². The van der Waals surface area contributed by atoms with Gasteiger partial charge in [-0.2, -0.15) is 0 Å². The van der Waals surface area contributed by atoms with Gasteiger partial charge in [0.25, 0.3) is 0 Å². The van der Waals surface area contributed by atoms with Crippen molar-refractivity contribution in [1.29, 1.82) is 0 Å². The van der Waals surface area contributed by atoms with Crippen molar-refractivity contribution in [3.05, 3.63) is 163 Å². The quantitative estimate of drug-likeness (QED) is 0.164. The Labute approximate surface area is 409 Å². The minimum atomic E-state index is -0.0453. The van der Waals surface area contributed by atoms with Crippen LogP contribution in [-0.2, 0) is 10.8 Å². The van der Waals surface area contributed by atoms with Gasteiger partial charge in [0.2, 0.25) is 0 Å². The van der Waals surface area contributed by atoms with Crippen LogP contribution in [0.5, 0.6) is 0 Å². The topological polar surface area (TPSA) is 21.3 Å². The highest BCUT2D eigenvalue weighted by atomic mass is 16.3. The molecular formula is C66H55BN2O. The molecule has 0 spiro atoms. The van der Waals surface area contributed by atoms with Gasteiger partial charge in [-0.05, 0) is 227 Å². The molecule has 0 radical (unpaired) electrons. The zero-order valence-electron chi connectivity index (χ0n) is 39.8. The zero-order valence-corrected chi connectivity index (χ0v) is 39.8. The van der Waals surface area contributed by atoms with Crippen LogP contribution in [-0.4, -0.2) is 11.4 Å². The van der Waals surface area contributed by atoms with Crippen molar-refractivity contribution in [3.63, 3.8) is 0 Å². The molecular weight excluding hydrogens is 848 g/mol. The number of para-hydroxylation sites is 1. The van der Waals surface area contributed by atoms with E-state index in [2.05, 4.69) is 161 Å². The molecule has 10 aromatic rings. The van der Waals surface area contributed by atoms with Crippen LogP contribution in [0.4, 0.5) is 11.4 Å². The Morgan fingerprint density at radius 1 is 0.457 bits per heavy atom. The third kappa shape index (κ3) is 4.98. The van der Waals surface area contributed by atoms with Gasteiger partial charge in [-0.3, -0.25) is 0 Å². The highest BCUT2D eigenvalue weighted by Crippen LogP contribution is 2.63. The molecule has 0 unspecified atom stereocenters. The highest BCUT2D eigenvalue weighted by molar-refractivity contribution is 6.94. The maximum Gasteiger partial charge on any atom is 0.333 e. The summed E-state index contributed by atoms with van der Waals surface area (Å²) in [6.45, 7) is -0.0453. The molecule has 10 aliphatic rings. The highest BCUT2D eigenvalue weighted by Gasteiger charge is 2.54. The number of furan rings is 1. The second-order valence-corrected chi connectivity index (χ2v) is 24.5. The summed E-state index contributed by atoms with van der Waals surface area (Å²) in [4.78, 5) is 2.77. The van der Waals surface area contributed by atoms with Gasteiger partial charge in [-0.1, -0.05) is 97.1 Å². The summed E-state index contributed by atoms with van der Waals surface area (Å²) in [6.07, 6.45) is 17.0. The summed E-state index contributed by atoms with van der Waals surface area (Å²) >= 11 is 0. The van der Waals surface area contributed by atoms with E-state index in [1.165, 1.54) is 171 Å². The van der Waals surface area contributed by atoms with E-state index in [0.717, 1.165) is 46.7 Å². The lowest BCUT2D eigenvalue weighted by Gasteiger charge is -2.57. The first kappa shape index (κ1) is 38.3. The Balaban J connectivity index is 0.967. The van der Waals surface area contributed by atoms with E-state index in [9.17, 15) is 0 Å². The van der Waals surface area contributed by atoms with E-state index in [1.54, 1.807) is 11.1 Å². The van der Waals surface area contributed by atoms with Gasteiger partial charge in [-0.15, -0.1) is 0 Å². The summed E-state index contributed by atoms with van der Waals surface area (Å²) in [6, 6.07) is 59.4. The van der Waals surface area contributed by atoms with Crippen molar-refractivity contribution in [2.24, 2.45) is 35.5 Å². The smallest absolute Gasteiger partial charge is 0.333 e. The normalized spacial score (nSPS) is 28.5. The summed E-state index contributed by atoms with van der Waals surface area (Å²) < 4.78 is 9.56. The van der Waals surface area contributed by atoms with E-state index < -0.39 is 0 Å². The number of fused-ring (bicyclic) bond motifs is 12. The number of nitrogens with zero attached hydrogens (tertiary/aromatic N) is 2. The van der Waals surface area contributed by atoms with Gasteiger partial charge < -0.3 is 13.8 Å². The van der Waals surface area contributed by atoms with Crippen LogP contribution in [0.15, 0.2) is 156 Å². The summed E-state index contributed by atoms with van der Waals surface area (Å²) in [7, 11) is 0. The predicted octanol–water partition coefficient (Wildman–Crippen LogP) is 15.7. The van der Waals surface area contributed by atoms with Gasteiger partial charge in [-0.25, -0.2) is 0 Å². The van der Waals surface area contributed by atoms with E-state index in [4.69, 9.17) is 4.42 Å². The molecule has 2 aromatic heterocycles.